The minimum Gasteiger partial charge on any atom is -0.327 e. The van der Waals surface area contributed by atoms with Crippen molar-refractivity contribution in [2.75, 3.05) is 6.54 Å². The Labute approximate surface area is 49.1 Å². The molecule has 2 heteroatoms. The molecule has 0 amide bonds. The first-order valence-electron chi connectivity index (χ1n) is 1.62. The zero-order valence-electron chi connectivity index (χ0n) is 3.85. The summed E-state index contributed by atoms with van der Waals surface area (Å²) in [4.78, 5) is 0. The molecule has 0 rings (SSSR count). The Morgan fingerprint density at radius 2 is 2.00 bits per heavy atom. The van der Waals surface area contributed by atoms with Gasteiger partial charge < -0.3 is 5.73 Å². The minimum atomic E-state index is 0. The van der Waals surface area contributed by atoms with E-state index in [1.165, 1.54) is 0 Å². The van der Waals surface area contributed by atoms with Gasteiger partial charge in [-0.2, -0.15) is 0 Å². The maximum absolute atomic E-state index is 5.07. The van der Waals surface area contributed by atoms with E-state index < -0.39 is 0 Å². The average molecular weight is 127 g/mol. The molecule has 0 aromatic heterocycles. The number of hydrogen-bond donors (Lipinski definition) is 1. The van der Waals surface area contributed by atoms with Crippen molar-refractivity contribution in [3.8, 4) is 0 Å². The van der Waals surface area contributed by atoms with Crippen molar-refractivity contribution in [2.45, 2.75) is 6.92 Å². The summed E-state index contributed by atoms with van der Waals surface area (Å²) < 4.78 is 0. The first-order valence-corrected chi connectivity index (χ1v) is 1.62. The molecule has 1 nitrogen and oxygen atoms in total. The molecule has 38 valence electrons. The van der Waals surface area contributed by atoms with Crippen molar-refractivity contribution in [1.29, 1.82) is 0 Å². The number of nitrogens with two attached hydrogens (primary N) is 1. The average Bonchev–Trinajstić information content (AvgIpc) is 1.38. The SMILES string of the molecule is C=C(C)CN.[Fe]. The van der Waals surface area contributed by atoms with E-state index in [4.69, 9.17) is 5.73 Å². The molecule has 0 aromatic carbocycles. The Morgan fingerprint density at radius 3 is 2.00 bits per heavy atom. The van der Waals surface area contributed by atoms with Crippen molar-refractivity contribution < 1.29 is 17.1 Å². The second-order valence-corrected chi connectivity index (χ2v) is 1.16. The molecular formula is C4H9FeN. The quantitative estimate of drug-likeness (QED) is 0.403. The summed E-state index contributed by atoms with van der Waals surface area (Å²) in [7, 11) is 0. The van der Waals surface area contributed by atoms with Crippen molar-refractivity contribution in [2.24, 2.45) is 5.73 Å². The summed E-state index contributed by atoms with van der Waals surface area (Å²) in [6, 6.07) is 0. The van der Waals surface area contributed by atoms with Crippen LogP contribution in [0.2, 0.25) is 0 Å². The molecule has 0 bridgehead atoms. The van der Waals surface area contributed by atoms with Crippen LogP contribution in [0.4, 0.5) is 0 Å². The Morgan fingerprint density at radius 1 is 1.83 bits per heavy atom. The van der Waals surface area contributed by atoms with Gasteiger partial charge in [-0.05, 0) is 6.92 Å². The first-order chi connectivity index (χ1) is 2.27. The van der Waals surface area contributed by atoms with E-state index in [1.54, 1.807) is 0 Å². The molecule has 0 saturated carbocycles. The van der Waals surface area contributed by atoms with Crippen molar-refractivity contribution in [3.63, 3.8) is 0 Å². The second kappa shape index (κ2) is 5.22. The summed E-state index contributed by atoms with van der Waals surface area (Å²) in [6.07, 6.45) is 0. The second-order valence-electron chi connectivity index (χ2n) is 1.16. The van der Waals surface area contributed by atoms with Gasteiger partial charge in [-0.3, -0.25) is 0 Å². The van der Waals surface area contributed by atoms with Gasteiger partial charge in [-0.25, -0.2) is 0 Å². The molecule has 0 aromatic rings. The minimum absolute atomic E-state index is 0. The van der Waals surface area contributed by atoms with Gasteiger partial charge in [0.25, 0.3) is 0 Å². The third-order valence-corrected chi connectivity index (χ3v) is 0.348. The van der Waals surface area contributed by atoms with Gasteiger partial charge >= 0.3 is 0 Å². The Bertz CT molecular complexity index is 42.8. The van der Waals surface area contributed by atoms with Crippen molar-refractivity contribution >= 4 is 0 Å². The smallest absolute Gasteiger partial charge is 0.0131 e. The molecule has 0 radical (unpaired) electrons. The molecule has 6 heavy (non-hydrogen) atoms. The van der Waals surface area contributed by atoms with E-state index in [2.05, 4.69) is 6.58 Å². The van der Waals surface area contributed by atoms with Gasteiger partial charge in [0, 0.05) is 23.6 Å². The van der Waals surface area contributed by atoms with E-state index >= 15 is 0 Å². The molecule has 0 aliphatic rings. The van der Waals surface area contributed by atoms with Crippen molar-refractivity contribution in [3.05, 3.63) is 12.2 Å². The van der Waals surface area contributed by atoms with Gasteiger partial charge in [0.2, 0.25) is 0 Å². The Hall–Kier alpha value is 0.219. The van der Waals surface area contributed by atoms with E-state index in [0.717, 1.165) is 5.57 Å². The number of rotatable bonds is 1. The van der Waals surface area contributed by atoms with Gasteiger partial charge in [0.05, 0.1) is 0 Å². The normalized spacial score (nSPS) is 6.33. The molecular weight excluding hydrogens is 118 g/mol. The van der Waals surface area contributed by atoms with E-state index in [9.17, 15) is 0 Å². The van der Waals surface area contributed by atoms with Crippen LogP contribution in [0, 0.1) is 0 Å². The van der Waals surface area contributed by atoms with Crippen LogP contribution in [0.1, 0.15) is 6.92 Å². The Kier molecular flexibility index (Phi) is 8.28. The molecule has 0 unspecified atom stereocenters. The maximum Gasteiger partial charge on any atom is 0.0131 e. The van der Waals surface area contributed by atoms with E-state index in [1.807, 2.05) is 6.92 Å². The predicted octanol–water partition coefficient (Wildman–Crippen LogP) is 0.519. The van der Waals surface area contributed by atoms with Crippen LogP contribution < -0.4 is 5.73 Å². The van der Waals surface area contributed by atoms with Gasteiger partial charge in [0.1, 0.15) is 0 Å². The molecule has 0 spiro atoms. The van der Waals surface area contributed by atoms with Crippen LogP contribution in [0.3, 0.4) is 0 Å². The summed E-state index contributed by atoms with van der Waals surface area (Å²) >= 11 is 0. The molecule has 0 heterocycles. The van der Waals surface area contributed by atoms with Crippen LogP contribution >= 0.6 is 0 Å². The maximum atomic E-state index is 5.07. The third-order valence-electron chi connectivity index (χ3n) is 0.348. The van der Waals surface area contributed by atoms with Gasteiger partial charge in [0.15, 0.2) is 0 Å². The molecule has 0 aliphatic carbocycles. The zero-order chi connectivity index (χ0) is 4.28. The zero-order valence-corrected chi connectivity index (χ0v) is 4.95. The van der Waals surface area contributed by atoms with Gasteiger partial charge in [-0.15, -0.1) is 0 Å². The molecule has 0 aliphatic heterocycles. The molecule has 0 saturated heterocycles. The summed E-state index contributed by atoms with van der Waals surface area (Å²) in [5.74, 6) is 0. The summed E-state index contributed by atoms with van der Waals surface area (Å²) in [6.45, 7) is 6.06. The molecule has 2 N–H and O–H groups in total. The standard InChI is InChI=1S/C4H9N.Fe/c1-4(2)3-5;/h1,3,5H2,2H3;. The van der Waals surface area contributed by atoms with Crippen molar-refractivity contribution in [1.82, 2.24) is 0 Å². The van der Waals surface area contributed by atoms with Gasteiger partial charge in [-0.1, -0.05) is 12.2 Å². The fraction of sp³-hybridized carbons (Fsp3) is 0.500. The number of hydrogen-bond acceptors (Lipinski definition) is 1. The summed E-state index contributed by atoms with van der Waals surface area (Å²) in [5.41, 5.74) is 6.10. The summed E-state index contributed by atoms with van der Waals surface area (Å²) in [5, 5.41) is 0. The van der Waals surface area contributed by atoms with Crippen LogP contribution in [0.15, 0.2) is 12.2 Å². The molecule has 0 atom stereocenters. The van der Waals surface area contributed by atoms with Crippen LogP contribution in [-0.2, 0) is 17.1 Å². The monoisotopic (exact) mass is 127 g/mol. The van der Waals surface area contributed by atoms with Crippen LogP contribution in [0.25, 0.3) is 0 Å². The van der Waals surface area contributed by atoms with Crippen LogP contribution in [0.5, 0.6) is 0 Å². The fourth-order valence-corrected chi connectivity index (χ4v) is 0. The van der Waals surface area contributed by atoms with E-state index in [-0.39, 0.29) is 17.1 Å². The first kappa shape index (κ1) is 9.52. The fourth-order valence-electron chi connectivity index (χ4n) is 0. The van der Waals surface area contributed by atoms with Crippen LogP contribution in [-0.4, -0.2) is 6.54 Å². The third kappa shape index (κ3) is 8.88. The largest absolute Gasteiger partial charge is 0.327 e. The molecule has 0 fully saturated rings. The topological polar surface area (TPSA) is 26.0 Å². The Balaban J connectivity index is 0. The van der Waals surface area contributed by atoms with E-state index in [0.29, 0.717) is 6.54 Å². The predicted molar refractivity (Wildman–Crippen MR) is 23.9 cm³/mol.